The number of hydrogen-bond acceptors (Lipinski definition) is 3. The van der Waals surface area contributed by atoms with E-state index < -0.39 is 6.10 Å². The van der Waals surface area contributed by atoms with Crippen LogP contribution in [-0.4, -0.2) is 29.7 Å². The van der Waals surface area contributed by atoms with Crippen molar-refractivity contribution in [3.05, 3.63) is 29.8 Å². The Balaban J connectivity index is 2.06. The van der Waals surface area contributed by atoms with Crippen molar-refractivity contribution in [3.8, 4) is 0 Å². The molecule has 4 heteroatoms. The van der Waals surface area contributed by atoms with Crippen molar-refractivity contribution >= 4 is 11.6 Å². The number of amides is 1. The van der Waals surface area contributed by atoms with Crippen molar-refractivity contribution in [2.75, 3.05) is 11.9 Å². The first kappa shape index (κ1) is 13.9. The maximum absolute atomic E-state index is 12.3. The normalized spacial score (nSPS) is 22.8. The standard InChI is InChI=1S/C15H22N2O2/c1-2-16-12-8-4-3-7-11(12)15(19)17-13-9-5-6-10-14(13)18/h3-4,7-8,13-14,16,18H,2,5-6,9-10H2,1H3,(H,17,19)/t13-,14-/m0/s1. The van der Waals surface area contributed by atoms with Crippen molar-refractivity contribution < 1.29 is 9.90 Å². The van der Waals surface area contributed by atoms with E-state index in [2.05, 4.69) is 10.6 Å². The minimum atomic E-state index is -0.413. The molecule has 0 radical (unpaired) electrons. The molecular weight excluding hydrogens is 240 g/mol. The number of carbonyl (C=O) groups is 1. The zero-order chi connectivity index (χ0) is 13.7. The Hall–Kier alpha value is -1.55. The highest BCUT2D eigenvalue weighted by molar-refractivity contribution is 5.99. The highest BCUT2D eigenvalue weighted by Crippen LogP contribution is 2.20. The largest absolute Gasteiger partial charge is 0.391 e. The maximum atomic E-state index is 12.3. The molecule has 3 N–H and O–H groups in total. The van der Waals surface area contributed by atoms with Crippen LogP contribution in [-0.2, 0) is 0 Å². The van der Waals surface area contributed by atoms with Crippen LogP contribution < -0.4 is 10.6 Å². The summed E-state index contributed by atoms with van der Waals surface area (Å²) in [5.41, 5.74) is 1.48. The molecule has 1 aromatic carbocycles. The van der Waals surface area contributed by atoms with Crippen molar-refractivity contribution in [2.24, 2.45) is 0 Å². The van der Waals surface area contributed by atoms with Crippen molar-refractivity contribution in [1.82, 2.24) is 5.32 Å². The lowest BCUT2D eigenvalue weighted by Crippen LogP contribution is -2.45. The van der Waals surface area contributed by atoms with Gasteiger partial charge in [0.25, 0.3) is 5.91 Å². The van der Waals surface area contributed by atoms with Gasteiger partial charge >= 0.3 is 0 Å². The van der Waals surface area contributed by atoms with Gasteiger partial charge in [-0.3, -0.25) is 4.79 Å². The van der Waals surface area contributed by atoms with E-state index in [1.54, 1.807) is 0 Å². The average molecular weight is 262 g/mol. The van der Waals surface area contributed by atoms with Crippen molar-refractivity contribution in [2.45, 2.75) is 44.8 Å². The Morgan fingerprint density at radius 3 is 2.79 bits per heavy atom. The molecule has 2 rings (SSSR count). The number of aliphatic hydroxyl groups is 1. The molecule has 2 atom stereocenters. The van der Waals surface area contributed by atoms with E-state index in [4.69, 9.17) is 0 Å². The summed E-state index contributed by atoms with van der Waals surface area (Å²) in [6.45, 7) is 2.77. The van der Waals surface area contributed by atoms with Crippen LogP contribution >= 0.6 is 0 Å². The van der Waals surface area contributed by atoms with Gasteiger partial charge in [0.2, 0.25) is 0 Å². The fraction of sp³-hybridized carbons (Fsp3) is 0.533. The molecule has 104 valence electrons. The molecule has 4 nitrogen and oxygen atoms in total. The number of carbonyl (C=O) groups excluding carboxylic acids is 1. The summed E-state index contributed by atoms with van der Waals surface area (Å²) < 4.78 is 0. The van der Waals surface area contributed by atoms with Gasteiger partial charge in [0, 0.05) is 12.2 Å². The van der Waals surface area contributed by atoms with E-state index >= 15 is 0 Å². The molecule has 1 saturated carbocycles. The van der Waals surface area contributed by atoms with E-state index in [1.807, 2.05) is 31.2 Å². The molecular formula is C15H22N2O2. The van der Waals surface area contributed by atoms with E-state index in [9.17, 15) is 9.90 Å². The third-order valence-corrected chi connectivity index (χ3v) is 3.58. The Bertz CT molecular complexity index is 434. The van der Waals surface area contributed by atoms with Crippen LogP contribution in [0.1, 0.15) is 43.0 Å². The molecule has 0 unspecified atom stereocenters. The summed E-state index contributed by atoms with van der Waals surface area (Å²) in [6.07, 6.45) is 3.33. The van der Waals surface area contributed by atoms with E-state index in [0.717, 1.165) is 37.9 Å². The molecule has 0 spiro atoms. The molecule has 1 fully saturated rings. The van der Waals surface area contributed by atoms with Crippen LogP contribution in [0.3, 0.4) is 0 Å². The van der Waals surface area contributed by atoms with E-state index in [0.29, 0.717) is 5.56 Å². The maximum Gasteiger partial charge on any atom is 0.253 e. The molecule has 1 amide bonds. The lowest BCUT2D eigenvalue weighted by atomic mass is 9.92. The molecule has 0 heterocycles. The molecule has 1 aliphatic rings. The van der Waals surface area contributed by atoms with Gasteiger partial charge in [-0.05, 0) is 31.9 Å². The Labute approximate surface area is 114 Å². The quantitative estimate of drug-likeness (QED) is 0.779. The minimum Gasteiger partial charge on any atom is -0.391 e. The topological polar surface area (TPSA) is 61.4 Å². The molecule has 0 saturated heterocycles. The van der Waals surface area contributed by atoms with Crippen LogP contribution in [0.4, 0.5) is 5.69 Å². The third-order valence-electron chi connectivity index (χ3n) is 3.58. The second-order valence-electron chi connectivity index (χ2n) is 5.01. The number of nitrogens with one attached hydrogen (secondary N) is 2. The Morgan fingerprint density at radius 2 is 2.05 bits per heavy atom. The van der Waals surface area contributed by atoms with Gasteiger partial charge in [0.05, 0.1) is 17.7 Å². The van der Waals surface area contributed by atoms with Gasteiger partial charge in [-0.25, -0.2) is 0 Å². The summed E-state index contributed by atoms with van der Waals surface area (Å²) in [4.78, 5) is 12.3. The number of aliphatic hydroxyl groups excluding tert-OH is 1. The number of para-hydroxylation sites is 1. The predicted molar refractivity (Wildman–Crippen MR) is 76.3 cm³/mol. The first-order valence-corrected chi connectivity index (χ1v) is 7.04. The van der Waals surface area contributed by atoms with Crippen LogP contribution in [0.25, 0.3) is 0 Å². The fourth-order valence-corrected chi connectivity index (χ4v) is 2.55. The highest BCUT2D eigenvalue weighted by Gasteiger charge is 2.25. The molecule has 1 aromatic rings. The van der Waals surface area contributed by atoms with Crippen LogP contribution in [0.2, 0.25) is 0 Å². The summed E-state index contributed by atoms with van der Waals surface area (Å²) >= 11 is 0. The highest BCUT2D eigenvalue weighted by atomic mass is 16.3. The number of rotatable bonds is 4. The SMILES string of the molecule is CCNc1ccccc1C(=O)N[C@H]1CCCC[C@@H]1O. The smallest absolute Gasteiger partial charge is 0.253 e. The first-order valence-electron chi connectivity index (χ1n) is 7.04. The molecule has 1 aliphatic carbocycles. The second-order valence-corrected chi connectivity index (χ2v) is 5.01. The second kappa shape index (κ2) is 6.57. The van der Waals surface area contributed by atoms with Gasteiger partial charge in [-0.2, -0.15) is 0 Å². The number of anilines is 1. The lowest BCUT2D eigenvalue weighted by molar-refractivity contribution is 0.0718. The molecule has 0 aromatic heterocycles. The first-order chi connectivity index (χ1) is 9.22. The van der Waals surface area contributed by atoms with Gasteiger partial charge in [0.15, 0.2) is 0 Å². The molecule has 0 aliphatic heterocycles. The predicted octanol–water partition coefficient (Wildman–Crippen LogP) is 2.15. The summed E-state index contributed by atoms with van der Waals surface area (Å²) in [7, 11) is 0. The lowest BCUT2D eigenvalue weighted by Gasteiger charge is -2.28. The van der Waals surface area contributed by atoms with Crippen molar-refractivity contribution in [3.63, 3.8) is 0 Å². The van der Waals surface area contributed by atoms with Crippen LogP contribution in [0, 0.1) is 0 Å². The molecule has 19 heavy (non-hydrogen) atoms. The fourth-order valence-electron chi connectivity index (χ4n) is 2.55. The van der Waals surface area contributed by atoms with Crippen LogP contribution in [0.5, 0.6) is 0 Å². The Kier molecular flexibility index (Phi) is 4.80. The van der Waals surface area contributed by atoms with Gasteiger partial charge in [-0.1, -0.05) is 25.0 Å². The zero-order valence-electron chi connectivity index (χ0n) is 11.4. The number of benzene rings is 1. The van der Waals surface area contributed by atoms with Gasteiger partial charge in [-0.15, -0.1) is 0 Å². The van der Waals surface area contributed by atoms with Gasteiger partial charge < -0.3 is 15.7 Å². The summed E-state index contributed by atoms with van der Waals surface area (Å²) in [6, 6.07) is 7.35. The zero-order valence-corrected chi connectivity index (χ0v) is 11.4. The van der Waals surface area contributed by atoms with Crippen molar-refractivity contribution in [1.29, 1.82) is 0 Å². The van der Waals surface area contributed by atoms with E-state index in [1.165, 1.54) is 0 Å². The summed E-state index contributed by atoms with van der Waals surface area (Å²) in [5, 5.41) is 16.0. The van der Waals surface area contributed by atoms with E-state index in [-0.39, 0.29) is 11.9 Å². The number of hydrogen-bond donors (Lipinski definition) is 3. The Morgan fingerprint density at radius 1 is 1.32 bits per heavy atom. The average Bonchev–Trinajstić information content (AvgIpc) is 2.42. The molecule has 0 bridgehead atoms. The summed E-state index contributed by atoms with van der Waals surface area (Å²) in [5.74, 6) is -0.109. The third kappa shape index (κ3) is 3.47. The monoisotopic (exact) mass is 262 g/mol. The van der Waals surface area contributed by atoms with Crippen LogP contribution in [0.15, 0.2) is 24.3 Å². The van der Waals surface area contributed by atoms with Gasteiger partial charge in [0.1, 0.15) is 0 Å². The minimum absolute atomic E-state index is 0.109.